The summed E-state index contributed by atoms with van der Waals surface area (Å²) in [6, 6.07) is 0. The van der Waals surface area contributed by atoms with Gasteiger partial charge in [0.25, 0.3) is 0 Å². The Hall–Kier alpha value is -2.06. The lowest BCUT2D eigenvalue weighted by molar-refractivity contribution is -0.160. The highest BCUT2D eigenvalue weighted by Crippen LogP contribution is 2.33. The largest absolute Gasteiger partial charge is 0.466 e. The Labute approximate surface area is 233 Å². The van der Waals surface area contributed by atoms with Crippen molar-refractivity contribution in [2.75, 3.05) is 6.61 Å². The lowest BCUT2D eigenvalue weighted by atomic mass is 9.73. The summed E-state index contributed by atoms with van der Waals surface area (Å²) in [4.78, 5) is 41.6. The molecule has 1 aliphatic heterocycles. The highest BCUT2D eigenvalue weighted by Gasteiger charge is 2.43. The van der Waals surface area contributed by atoms with Crippen molar-refractivity contribution < 1.29 is 29.0 Å². The summed E-state index contributed by atoms with van der Waals surface area (Å²) in [6.07, 6.45) is 6.96. The molecule has 4 unspecified atom stereocenters. The number of allylic oxidation sites excluding steroid dienone is 1. The number of aliphatic hydroxyl groups excluding tert-OH is 1. The van der Waals surface area contributed by atoms with Gasteiger partial charge in [0.2, 0.25) is 0 Å². The number of rotatable bonds is 3. The molecule has 1 aliphatic rings. The number of nitrogens with zero attached hydrogens (tertiary/aromatic N) is 1. The molecule has 1 fully saturated rings. The summed E-state index contributed by atoms with van der Waals surface area (Å²) in [5, 5.41) is 13.8. The fourth-order valence-corrected chi connectivity index (χ4v) is 5.24. The van der Waals surface area contributed by atoms with E-state index in [2.05, 4.69) is 17.3 Å². The van der Waals surface area contributed by atoms with Gasteiger partial charge in [0.05, 0.1) is 41.2 Å². The molecule has 5 atom stereocenters. The van der Waals surface area contributed by atoms with Crippen LogP contribution in [0.2, 0.25) is 0 Å². The van der Waals surface area contributed by atoms with E-state index in [1.165, 1.54) is 0 Å². The van der Waals surface area contributed by atoms with Gasteiger partial charge in [0.1, 0.15) is 11.9 Å². The maximum Gasteiger partial charge on any atom is 0.308 e. The molecule has 216 valence electrons. The number of esters is 2. The molecule has 8 heteroatoms. The van der Waals surface area contributed by atoms with Crippen molar-refractivity contribution in [2.45, 2.75) is 113 Å². The number of aromatic nitrogens is 1. The fourth-order valence-electron chi connectivity index (χ4n) is 4.66. The summed E-state index contributed by atoms with van der Waals surface area (Å²) < 4.78 is 10.9. The zero-order chi connectivity index (χ0) is 28.9. The van der Waals surface area contributed by atoms with Gasteiger partial charge in [-0.05, 0) is 51.0 Å². The molecule has 7 nitrogen and oxygen atoms in total. The first-order chi connectivity index (χ1) is 17.8. The van der Waals surface area contributed by atoms with E-state index in [1.807, 2.05) is 32.9 Å². The topological polar surface area (TPSA) is 103 Å². The maximum atomic E-state index is 13.3. The predicted octanol–water partition coefficient (Wildman–Crippen LogP) is 6.55. The van der Waals surface area contributed by atoms with E-state index < -0.39 is 29.5 Å². The summed E-state index contributed by atoms with van der Waals surface area (Å²) >= 11 is 1.68. The molecular formula is C30H49NO6S. The molecule has 0 spiro atoms. The van der Waals surface area contributed by atoms with Crippen LogP contribution in [0.15, 0.2) is 11.5 Å². The number of hydrogen-bond donors (Lipinski definition) is 1. The Morgan fingerprint density at radius 1 is 1.21 bits per heavy atom. The molecule has 0 aliphatic carbocycles. The third kappa shape index (κ3) is 11.4. The first-order valence-electron chi connectivity index (χ1n) is 14.0. The molecular weight excluding hydrogens is 502 g/mol. The molecule has 1 saturated heterocycles. The van der Waals surface area contributed by atoms with Gasteiger partial charge >= 0.3 is 11.9 Å². The van der Waals surface area contributed by atoms with E-state index in [9.17, 15) is 19.5 Å². The van der Waals surface area contributed by atoms with Crippen molar-refractivity contribution in [3.8, 4) is 0 Å². The van der Waals surface area contributed by atoms with Gasteiger partial charge < -0.3 is 14.6 Å². The molecule has 0 amide bonds. The van der Waals surface area contributed by atoms with Gasteiger partial charge in [-0.3, -0.25) is 14.4 Å². The second kappa shape index (κ2) is 16.8. The van der Waals surface area contributed by atoms with E-state index in [1.54, 1.807) is 39.0 Å². The average Bonchev–Trinajstić information content (AvgIpc) is 3.28. The Bertz CT molecular complexity index is 908. The quantitative estimate of drug-likeness (QED) is 0.425. The van der Waals surface area contributed by atoms with Gasteiger partial charge in [-0.2, -0.15) is 0 Å². The van der Waals surface area contributed by atoms with Crippen molar-refractivity contribution in [3.05, 3.63) is 22.2 Å². The molecule has 0 radical (unpaired) electrons. The van der Waals surface area contributed by atoms with Crippen LogP contribution < -0.4 is 0 Å². The van der Waals surface area contributed by atoms with Crippen molar-refractivity contribution >= 4 is 35.1 Å². The molecule has 1 N–H and O–H groups in total. The van der Waals surface area contributed by atoms with Crippen molar-refractivity contribution in [2.24, 2.45) is 23.2 Å². The number of aryl methyl sites for hydroxylation is 1. The number of cyclic esters (lactones) is 1. The zero-order valence-electron chi connectivity index (χ0n) is 24.6. The highest BCUT2D eigenvalue weighted by atomic mass is 32.1. The van der Waals surface area contributed by atoms with Gasteiger partial charge in [0, 0.05) is 11.8 Å². The lowest BCUT2D eigenvalue weighted by Crippen LogP contribution is -2.46. The van der Waals surface area contributed by atoms with Crippen LogP contribution in [-0.4, -0.2) is 46.6 Å². The molecule has 1 aromatic rings. The van der Waals surface area contributed by atoms with E-state index in [0.29, 0.717) is 12.5 Å². The second-order valence-electron chi connectivity index (χ2n) is 11.1. The molecule has 0 bridgehead atoms. The van der Waals surface area contributed by atoms with Crippen LogP contribution in [0.25, 0.3) is 6.08 Å². The Morgan fingerprint density at radius 3 is 2.45 bits per heavy atom. The Kier molecular flexibility index (Phi) is 15.0. The molecule has 38 heavy (non-hydrogen) atoms. The molecule has 2 heterocycles. The van der Waals surface area contributed by atoms with Crippen LogP contribution in [0, 0.1) is 30.1 Å². The van der Waals surface area contributed by atoms with Gasteiger partial charge in [-0.25, -0.2) is 4.98 Å². The monoisotopic (exact) mass is 551 g/mol. The number of hydrogen-bond acceptors (Lipinski definition) is 8. The van der Waals surface area contributed by atoms with Crippen LogP contribution in [0.4, 0.5) is 0 Å². The third-order valence-corrected chi connectivity index (χ3v) is 8.08. The number of ether oxygens (including phenoxy) is 2. The number of carbonyl (C=O) groups is 3. The Morgan fingerprint density at radius 2 is 1.87 bits per heavy atom. The van der Waals surface area contributed by atoms with Crippen molar-refractivity contribution in [3.63, 3.8) is 0 Å². The molecule has 0 aromatic carbocycles. The number of ketones is 1. The molecule has 2 rings (SSSR count). The van der Waals surface area contributed by atoms with Crippen LogP contribution in [0.5, 0.6) is 0 Å². The highest BCUT2D eigenvalue weighted by molar-refractivity contribution is 7.09. The minimum Gasteiger partial charge on any atom is -0.466 e. The summed E-state index contributed by atoms with van der Waals surface area (Å²) in [7, 11) is 0. The van der Waals surface area contributed by atoms with Crippen LogP contribution in [0.1, 0.15) is 104 Å². The lowest BCUT2D eigenvalue weighted by Gasteiger charge is -2.36. The summed E-state index contributed by atoms with van der Waals surface area (Å²) in [5.74, 6) is -1.07. The molecule has 0 saturated carbocycles. The third-order valence-electron chi connectivity index (χ3n) is 7.29. The number of carbonyl (C=O) groups excluding carboxylic acids is 3. The number of thiazole rings is 1. The van der Waals surface area contributed by atoms with Crippen molar-refractivity contribution in [1.29, 1.82) is 0 Å². The number of aliphatic hydroxyl groups is 1. The van der Waals surface area contributed by atoms with Gasteiger partial charge in [-0.1, -0.05) is 60.5 Å². The standard InChI is InChI=1S/C23H40O6.C7H9NS/c1-7-19(25)29-21-16(3)12-8-10-15(2)11-9-13-28-20(26)14-18(24)23(5,6)22(27)17(21)4;1-3-4-7-5-9-6(2)8-7/h15-18,21,24H,7-14H2,1-6H3;3-5H,1-2H3/b;4-3-/t15?,16?,17?,18?,21-;/m0./s1. The summed E-state index contributed by atoms with van der Waals surface area (Å²) in [5.41, 5.74) is -0.0827. The first kappa shape index (κ1) is 34.0. The second-order valence-corrected chi connectivity index (χ2v) is 12.1. The van der Waals surface area contributed by atoms with E-state index in [0.717, 1.165) is 42.8 Å². The predicted molar refractivity (Wildman–Crippen MR) is 153 cm³/mol. The Balaban J connectivity index is 0.000000671. The summed E-state index contributed by atoms with van der Waals surface area (Å²) in [6.45, 7) is 15.3. The normalized spacial score (nSPS) is 27.8. The number of Topliss-reactive ketones (excluding diaryl/α,β-unsaturated/α-hetero) is 1. The average molecular weight is 552 g/mol. The van der Waals surface area contributed by atoms with Crippen LogP contribution in [0.3, 0.4) is 0 Å². The van der Waals surface area contributed by atoms with Crippen LogP contribution in [-0.2, 0) is 23.9 Å². The van der Waals surface area contributed by atoms with Crippen molar-refractivity contribution in [1.82, 2.24) is 4.98 Å². The van der Waals surface area contributed by atoms with Gasteiger partial charge in [-0.15, -0.1) is 11.3 Å². The minimum atomic E-state index is -1.16. The first-order valence-corrected chi connectivity index (χ1v) is 14.8. The minimum absolute atomic E-state index is 0.0301. The smallest absolute Gasteiger partial charge is 0.308 e. The van der Waals surface area contributed by atoms with E-state index in [-0.39, 0.29) is 30.5 Å². The van der Waals surface area contributed by atoms with Crippen LogP contribution >= 0.6 is 11.3 Å². The molecule has 1 aromatic heterocycles. The maximum absolute atomic E-state index is 13.3. The van der Waals surface area contributed by atoms with Gasteiger partial charge in [0.15, 0.2) is 0 Å². The van der Waals surface area contributed by atoms with E-state index >= 15 is 0 Å². The zero-order valence-corrected chi connectivity index (χ0v) is 25.4. The van der Waals surface area contributed by atoms with E-state index in [4.69, 9.17) is 9.47 Å². The SMILES string of the molecule is C/C=C\c1csc(C)n1.CCC(=O)O[C@H]1C(C)CCCC(C)CCCOC(=O)CC(O)C(C)(C)C(=O)C1C. The fraction of sp³-hybridized carbons (Fsp3) is 0.733.